The lowest BCUT2D eigenvalue weighted by atomic mass is 10.1. The number of sulfonamides is 1. The molecular formula is C18H28ClN5O3S. The van der Waals surface area contributed by atoms with E-state index in [4.69, 9.17) is 0 Å². The van der Waals surface area contributed by atoms with Crippen molar-refractivity contribution in [2.24, 2.45) is 7.05 Å². The second-order valence-corrected chi connectivity index (χ2v) is 8.49. The molecule has 1 aromatic carbocycles. The first-order chi connectivity index (χ1) is 12.7. The van der Waals surface area contributed by atoms with Crippen LogP contribution in [0.15, 0.2) is 36.7 Å². The summed E-state index contributed by atoms with van der Waals surface area (Å²) in [7, 11) is 0.166. The van der Waals surface area contributed by atoms with Gasteiger partial charge in [-0.2, -0.15) is 5.10 Å². The number of rotatable bonds is 9. The summed E-state index contributed by atoms with van der Waals surface area (Å²) in [5, 5.41) is 9.95. The Labute approximate surface area is 172 Å². The second kappa shape index (κ2) is 10.6. The molecule has 1 unspecified atom stereocenters. The Morgan fingerprint density at radius 3 is 2.29 bits per heavy atom. The maximum atomic E-state index is 12.4. The Balaban J connectivity index is 0.00000392. The maximum Gasteiger partial charge on any atom is 0.242 e. The summed E-state index contributed by atoms with van der Waals surface area (Å²) in [6, 6.07) is 6.54. The topological polar surface area (TPSA) is 105 Å². The fraction of sp³-hybridized carbons (Fsp3) is 0.444. The summed E-state index contributed by atoms with van der Waals surface area (Å²) < 4.78 is 28.2. The molecule has 3 N–H and O–H groups in total. The minimum atomic E-state index is -3.35. The number of benzene rings is 1. The van der Waals surface area contributed by atoms with Crippen molar-refractivity contribution in [2.75, 3.05) is 7.05 Å². The zero-order chi connectivity index (χ0) is 20.0. The standard InChI is InChI=1S/C18H27N5O3S.ClH/c1-13(2)22-27(25,26)12-15-7-5-14(6-8-15)9-20-18(24)17(19-3)16-10-21-23(4)11-16;/h5-8,10-11,13,17,19,22H,9,12H2,1-4H3,(H,20,24);1H. The van der Waals surface area contributed by atoms with Gasteiger partial charge in [-0.3, -0.25) is 9.48 Å². The van der Waals surface area contributed by atoms with Crippen molar-refractivity contribution >= 4 is 28.3 Å². The fourth-order valence-corrected chi connectivity index (χ4v) is 4.14. The number of hydrogen-bond donors (Lipinski definition) is 3. The highest BCUT2D eigenvalue weighted by Gasteiger charge is 2.19. The van der Waals surface area contributed by atoms with E-state index in [9.17, 15) is 13.2 Å². The Morgan fingerprint density at radius 1 is 1.18 bits per heavy atom. The number of aromatic nitrogens is 2. The van der Waals surface area contributed by atoms with Crippen LogP contribution in [0.5, 0.6) is 0 Å². The smallest absolute Gasteiger partial charge is 0.242 e. The normalized spacial score (nSPS) is 12.5. The van der Waals surface area contributed by atoms with Crippen LogP contribution in [0.1, 0.15) is 36.6 Å². The summed E-state index contributed by atoms with van der Waals surface area (Å²) in [5.41, 5.74) is 2.37. The summed E-state index contributed by atoms with van der Waals surface area (Å²) in [4.78, 5) is 12.4. The van der Waals surface area contributed by atoms with Crippen LogP contribution in [0, 0.1) is 0 Å². The molecule has 8 nitrogen and oxygen atoms in total. The Hall–Kier alpha value is -1.94. The van der Waals surface area contributed by atoms with E-state index in [1.807, 2.05) is 12.1 Å². The second-order valence-electron chi connectivity index (χ2n) is 6.73. The number of hydrogen-bond acceptors (Lipinski definition) is 5. The Bertz CT molecular complexity index is 866. The third kappa shape index (κ3) is 7.23. The molecule has 0 radical (unpaired) electrons. The maximum absolute atomic E-state index is 12.4. The average Bonchev–Trinajstić information content (AvgIpc) is 2.99. The molecule has 2 aromatic rings. The van der Waals surface area contributed by atoms with Crippen molar-refractivity contribution in [3.05, 3.63) is 53.3 Å². The molecule has 2 rings (SSSR count). The number of likely N-dealkylation sites (N-methyl/N-ethyl adjacent to an activating group) is 1. The lowest BCUT2D eigenvalue weighted by Crippen LogP contribution is -2.35. The summed E-state index contributed by atoms with van der Waals surface area (Å²) >= 11 is 0. The van der Waals surface area contributed by atoms with Gasteiger partial charge in [0.2, 0.25) is 15.9 Å². The minimum absolute atomic E-state index is 0. The monoisotopic (exact) mass is 429 g/mol. The van der Waals surface area contributed by atoms with Crippen molar-refractivity contribution in [1.82, 2.24) is 25.1 Å². The van der Waals surface area contributed by atoms with E-state index in [-0.39, 0.29) is 30.1 Å². The molecule has 0 saturated carbocycles. The van der Waals surface area contributed by atoms with E-state index in [1.165, 1.54) is 0 Å². The predicted molar refractivity (Wildman–Crippen MR) is 111 cm³/mol. The van der Waals surface area contributed by atoms with Crippen LogP contribution in [0.2, 0.25) is 0 Å². The van der Waals surface area contributed by atoms with Crippen molar-refractivity contribution in [2.45, 2.75) is 38.2 Å². The van der Waals surface area contributed by atoms with Crippen molar-refractivity contribution in [1.29, 1.82) is 0 Å². The molecule has 10 heteroatoms. The van der Waals surface area contributed by atoms with Gasteiger partial charge in [0.1, 0.15) is 6.04 Å². The molecule has 0 fully saturated rings. The Kier molecular flexibility index (Phi) is 9.09. The van der Waals surface area contributed by atoms with Crippen LogP contribution in [0.25, 0.3) is 0 Å². The number of carbonyl (C=O) groups excluding carboxylic acids is 1. The van der Waals surface area contributed by atoms with E-state index in [0.717, 1.165) is 11.1 Å². The zero-order valence-electron chi connectivity index (χ0n) is 16.5. The van der Waals surface area contributed by atoms with Gasteiger partial charge in [-0.25, -0.2) is 13.1 Å². The van der Waals surface area contributed by atoms with Crippen LogP contribution in [-0.2, 0) is 34.2 Å². The highest BCUT2D eigenvalue weighted by atomic mass is 35.5. The van der Waals surface area contributed by atoms with Crippen LogP contribution in [-0.4, -0.2) is 37.2 Å². The van der Waals surface area contributed by atoms with Crippen LogP contribution < -0.4 is 15.4 Å². The molecule has 1 aromatic heterocycles. The third-order valence-electron chi connectivity index (χ3n) is 3.87. The summed E-state index contributed by atoms with van der Waals surface area (Å²) in [5.74, 6) is -0.223. The largest absolute Gasteiger partial charge is 0.350 e. The first-order valence-electron chi connectivity index (χ1n) is 8.71. The number of nitrogens with zero attached hydrogens (tertiary/aromatic N) is 2. The number of halogens is 1. The van der Waals surface area contributed by atoms with Crippen LogP contribution in [0.3, 0.4) is 0 Å². The average molecular weight is 430 g/mol. The molecule has 0 bridgehead atoms. The van der Waals surface area contributed by atoms with Gasteiger partial charge in [0.05, 0.1) is 11.9 Å². The number of carbonyl (C=O) groups is 1. The van der Waals surface area contributed by atoms with Crippen molar-refractivity contribution in [3.8, 4) is 0 Å². The van der Waals surface area contributed by atoms with E-state index < -0.39 is 16.1 Å². The Morgan fingerprint density at radius 2 is 1.79 bits per heavy atom. The highest BCUT2D eigenvalue weighted by molar-refractivity contribution is 7.88. The van der Waals surface area contributed by atoms with Gasteiger partial charge in [0.25, 0.3) is 0 Å². The molecule has 28 heavy (non-hydrogen) atoms. The molecular weight excluding hydrogens is 402 g/mol. The van der Waals surface area contributed by atoms with Crippen LogP contribution >= 0.6 is 12.4 Å². The van der Waals surface area contributed by atoms with Gasteiger partial charge in [-0.05, 0) is 32.0 Å². The summed E-state index contributed by atoms with van der Waals surface area (Å²) in [6.07, 6.45) is 3.45. The van der Waals surface area contributed by atoms with Gasteiger partial charge < -0.3 is 10.6 Å². The first-order valence-corrected chi connectivity index (χ1v) is 10.4. The van der Waals surface area contributed by atoms with Crippen molar-refractivity contribution < 1.29 is 13.2 Å². The fourth-order valence-electron chi connectivity index (χ4n) is 2.70. The highest BCUT2D eigenvalue weighted by Crippen LogP contribution is 2.12. The van der Waals surface area contributed by atoms with Crippen molar-refractivity contribution in [3.63, 3.8) is 0 Å². The molecule has 0 spiro atoms. The molecule has 156 valence electrons. The molecule has 0 aliphatic rings. The SMILES string of the molecule is CNC(C(=O)NCc1ccc(CS(=O)(=O)NC(C)C)cc1)c1cnn(C)c1.Cl. The van der Waals surface area contributed by atoms with E-state index in [0.29, 0.717) is 12.1 Å². The molecule has 0 aliphatic heterocycles. The quantitative estimate of drug-likeness (QED) is 0.556. The molecule has 1 atom stereocenters. The zero-order valence-corrected chi connectivity index (χ0v) is 18.1. The first kappa shape index (κ1) is 24.1. The van der Waals surface area contributed by atoms with Crippen LogP contribution in [0.4, 0.5) is 0 Å². The minimum Gasteiger partial charge on any atom is -0.350 e. The third-order valence-corrected chi connectivity index (χ3v) is 5.41. The summed E-state index contributed by atoms with van der Waals surface area (Å²) in [6.45, 7) is 3.93. The van der Waals surface area contributed by atoms with Gasteiger partial charge >= 0.3 is 0 Å². The van der Waals surface area contributed by atoms with E-state index >= 15 is 0 Å². The van der Waals surface area contributed by atoms with E-state index in [1.54, 1.807) is 57.2 Å². The van der Waals surface area contributed by atoms with Gasteiger partial charge in [-0.15, -0.1) is 12.4 Å². The van der Waals surface area contributed by atoms with Gasteiger partial charge in [0, 0.05) is 31.4 Å². The lowest BCUT2D eigenvalue weighted by molar-refractivity contribution is -0.123. The molecule has 0 saturated heterocycles. The van der Waals surface area contributed by atoms with Gasteiger partial charge in [0.15, 0.2) is 0 Å². The molecule has 1 heterocycles. The number of aryl methyl sites for hydroxylation is 1. The van der Waals surface area contributed by atoms with E-state index in [2.05, 4.69) is 20.5 Å². The molecule has 0 aliphatic carbocycles. The molecule has 1 amide bonds. The number of nitrogens with one attached hydrogen (secondary N) is 3. The predicted octanol–water partition coefficient (Wildman–Crippen LogP) is 1.25. The lowest BCUT2D eigenvalue weighted by Gasteiger charge is -2.15. The van der Waals surface area contributed by atoms with Gasteiger partial charge in [-0.1, -0.05) is 24.3 Å². The number of amides is 1.